The molecule has 1 rings (SSSR count). The molecule has 0 spiro atoms. The number of benzene rings is 1. The van der Waals surface area contributed by atoms with E-state index < -0.39 is 37.0 Å². The second-order valence-electron chi connectivity index (χ2n) is 3.70. The zero-order valence-electron chi connectivity index (χ0n) is 9.17. The van der Waals surface area contributed by atoms with Crippen LogP contribution in [0.25, 0.3) is 0 Å². The highest BCUT2D eigenvalue weighted by Crippen LogP contribution is 2.20. The van der Waals surface area contributed by atoms with Crippen molar-refractivity contribution in [3.05, 3.63) is 35.6 Å². The molecule has 0 heterocycles. The lowest BCUT2D eigenvalue weighted by Crippen LogP contribution is -2.33. The fourth-order valence-electron chi connectivity index (χ4n) is 1.42. The summed E-state index contributed by atoms with van der Waals surface area (Å²) in [5, 5.41) is 10.7. The van der Waals surface area contributed by atoms with E-state index in [-0.39, 0.29) is 0 Å². The van der Waals surface area contributed by atoms with Gasteiger partial charge in [0.05, 0.1) is 13.0 Å². The molecule has 0 fully saturated rings. The first-order chi connectivity index (χ1) is 8.28. The molecule has 100 valence electrons. The van der Waals surface area contributed by atoms with Gasteiger partial charge in [-0.05, 0) is 17.7 Å². The highest BCUT2D eigenvalue weighted by Gasteiger charge is 2.29. The summed E-state index contributed by atoms with van der Waals surface area (Å²) in [6, 6.07) is 3.64. The number of nitrogens with one attached hydrogen (secondary N) is 1. The molecule has 1 aromatic carbocycles. The summed E-state index contributed by atoms with van der Waals surface area (Å²) in [4.78, 5) is 10.6. The van der Waals surface area contributed by atoms with E-state index >= 15 is 0 Å². The van der Waals surface area contributed by atoms with Crippen LogP contribution >= 0.6 is 0 Å². The second kappa shape index (κ2) is 5.81. The Morgan fingerprint density at radius 3 is 2.28 bits per heavy atom. The van der Waals surface area contributed by atoms with Gasteiger partial charge in [-0.2, -0.15) is 13.2 Å². The first-order valence-corrected chi connectivity index (χ1v) is 5.05. The molecule has 3 nitrogen and oxygen atoms in total. The Hall–Kier alpha value is -1.63. The molecule has 0 amide bonds. The average molecular weight is 265 g/mol. The van der Waals surface area contributed by atoms with E-state index in [0.29, 0.717) is 5.56 Å². The van der Waals surface area contributed by atoms with Crippen LogP contribution in [-0.4, -0.2) is 23.8 Å². The maximum atomic E-state index is 12.7. The monoisotopic (exact) mass is 265 g/mol. The Bertz CT molecular complexity index is 402. The first-order valence-electron chi connectivity index (χ1n) is 5.05. The Morgan fingerprint density at radius 1 is 1.28 bits per heavy atom. The molecule has 7 heteroatoms. The topological polar surface area (TPSA) is 49.3 Å². The van der Waals surface area contributed by atoms with E-state index in [2.05, 4.69) is 5.32 Å². The number of rotatable bonds is 5. The minimum atomic E-state index is -4.43. The van der Waals surface area contributed by atoms with Crippen molar-refractivity contribution in [1.82, 2.24) is 5.32 Å². The standard InChI is InChI=1S/C11H11F4NO2/c12-8-3-1-7(2-4-8)9(5-10(17)18)16-6-11(13,14)15/h1-4,9,16H,5-6H2,(H,17,18)/t9-/m1/s1. The molecule has 1 atom stereocenters. The van der Waals surface area contributed by atoms with Crippen LogP contribution in [0.3, 0.4) is 0 Å². The van der Waals surface area contributed by atoms with E-state index in [1.54, 1.807) is 0 Å². The number of alkyl halides is 3. The third-order valence-corrected chi connectivity index (χ3v) is 2.20. The highest BCUT2D eigenvalue weighted by atomic mass is 19.4. The number of aliphatic carboxylic acids is 1. The summed E-state index contributed by atoms with van der Waals surface area (Å²) in [6.45, 7) is -1.30. The van der Waals surface area contributed by atoms with Crippen molar-refractivity contribution in [3.63, 3.8) is 0 Å². The fraction of sp³-hybridized carbons (Fsp3) is 0.364. The van der Waals surface area contributed by atoms with Crippen molar-refractivity contribution < 1.29 is 27.5 Å². The van der Waals surface area contributed by atoms with Gasteiger partial charge in [0, 0.05) is 6.04 Å². The summed E-state index contributed by atoms with van der Waals surface area (Å²) in [6.07, 6.45) is -4.95. The van der Waals surface area contributed by atoms with Crippen LogP contribution < -0.4 is 5.32 Å². The highest BCUT2D eigenvalue weighted by molar-refractivity contribution is 5.67. The van der Waals surface area contributed by atoms with Crippen molar-refractivity contribution in [3.8, 4) is 0 Å². The number of carboxylic acid groups (broad SMARTS) is 1. The van der Waals surface area contributed by atoms with Crippen molar-refractivity contribution in [1.29, 1.82) is 0 Å². The zero-order chi connectivity index (χ0) is 13.8. The van der Waals surface area contributed by atoms with E-state index in [1.165, 1.54) is 12.1 Å². The lowest BCUT2D eigenvalue weighted by Gasteiger charge is -2.18. The molecule has 0 saturated carbocycles. The molecule has 18 heavy (non-hydrogen) atoms. The van der Waals surface area contributed by atoms with Gasteiger partial charge in [0.25, 0.3) is 0 Å². The fourth-order valence-corrected chi connectivity index (χ4v) is 1.42. The van der Waals surface area contributed by atoms with Crippen LogP contribution in [0, 0.1) is 5.82 Å². The number of halogens is 4. The van der Waals surface area contributed by atoms with E-state index in [9.17, 15) is 22.4 Å². The molecule has 0 aliphatic carbocycles. The summed E-state index contributed by atoms with van der Waals surface area (Å²) in [5.74, 6) is -1.78. The van der Waals surface area contributed by atoms with Crippen molar-refractivity contribution in [2.45, 2.75) is 18.6 Å². The van der Waals surface area contributed by atoms with Crippen molar-refractivity contribution in [2.24, 2.45) is 0 Å². The predicted octanol–water partition coefficient (Wildman–Crippen LogP) is 2.49. The molecule has 0 aliphatic rings. The number of hydrogen-bond acceptors (Lipinski definition) is 2. The second-order valence-corrected chi connectivity index (χ2v) is 3.70. The minimum Gasteiger partial charge on any atom is -0.481 e. The predicted molar refractivity (Wildman–Crippen MR) is 55.5 cm³/mol. The maximum absolute atomic E-state index is 12.7. The van der Waals surface area contributed by atoms with Gasteiger partial charge >= 0.3 is 12.1 Å². The SMILES string of the molecule is O=C(O)C[C@@H](NCC(F)(F)F)c1ccc(F)cc1. The molecule has 0 saturated heterocycles. The number of hydrogen-bond donors (Lipinski definition) is 2. The van der Waals surface area contributed by atoms with Gasteiger partial charge in [0.2, 0.25) is 0 Å². The summed E-state index contributed by atoms with van der Waals surface area (Å²) in [5.41, 5.74) is 0.294. The van der Waals surface area contributed by atoms with Gasteiger partial charge in [-0.15, -0.1) is 0 Å². The summed E-state index contributed by atoms with van der Waals surface area (Å²) >= 11 is 0. The van der Waals surface area contributed by atoms with Gasteiger partial charge < -0.3 is 10.4 Å². The Balaban J connectivity index is 2.77. The molecule has 1 aromatic rings. The zero-order valence-corrected chi connectivity index (χ0v) is 9.17. The number of carbonyl (C=O) groups is 1. The van der Waals surface area contributed by atoms with Gasteiger partial charge in [-0.25, -0.2) is 4.39 Å². The van der Waals surface area contributed by atoms with Crippen molar-refractivity contribution in [2.75, 3.05) is 6.54 Å². The normalized spacial score (nSPS) is 13.3. The minimum absolute atomic E-state index is 0.294. The summed E-state index contributed by atoms with van der Waals surface area (Å²) in [7, 11) is 0. The molecular weight excluding hydrogens is 254 g/mol. The molecule has 2 N–H and O–H groups in total. The van der Waals surface area contributed by atoms with E-state index in [4.69, 9.17) is 5.11 Å². The van der Waals surface area contributed by atoms with Crippen LogP contribution in [0.2, 0.25) is 0 Å². The molecule has 0 unspecified atom stereocenters. The maximum Gasteiger partial charge on any atom is 0.401 e. The third kappa shape index (κ3) is 5.13. The van der Waals surface area contributed by atoms with Crippen LogP contribution in [0.5, 0.6) is 0 Å². The molecule has 0 bridgehead atoms. The molecule has 0 aromatic heterocycles. The average Bonchev–Trinajstić information content (AvgIpc) is 2.24. The van der Waals surface area contributed by atoms with Gasteiger partial charge in [-0.1, -0.05) is 12.1 Å². The van der Waals surface area contributed by atoms with E-state index in [1.807, 2.05) is 0 Å². The Morgan fingerprint density at radius 2 is 1.83 bits per heavy atom. The van der Waals surface area contributed by atoms with Gasteiger partial charge in [-0.3, -0.25) is 4.79 Å². The lowest BCUT2D eigenvalue weighted by molar-refractivity contribution is -0.139. The molecule has 0 radical (unpaired) electrons. The van der Waals surface area contributed by atoms with Gasteiger partial charge in [0.1, 0.15) is 5.82 Å². The smallest absolute Gasteiger partial charge is 0.401 e. The van der Waals surface area contributed by atoms with Crippen LogP contribution in [0.4, 0.5) is 17.6 Å². The molecule has 0 aliphatic heterocycles. The number of carboxylic acids is 1. The van der Waals surface area contributed by atoms with E-state index in [0.717, 1.165) is 12.1 Å². The third-order valence-electron chi connectivity index (χ3n) is 2.20. The summed E-state index contributed by atoms with van der Waals surface area (Å²) < 4.78 is 48.9. The first kappa shape index (κ1) is 14.4. The van der Waals surface area contributed by atoms with Crippen molar-refractivity contribution >= 4 is 5.97 Å². The van der Waals surface area contributed by atoms with Crippen LogP contribution in [-0.2, 0) is 4.79 Å². The Labute approximate surface area is 100 Å². The largest absolute Gasteiger partial charge is 0.481 e. The lowest BCUT2D eigenvalue weighted by atomic mass is 10.0. The molecular formula is C11H11F4NO2. The Kier molecular flexibility index (Phi) is 4.66. The van der Waals surface area contributed by atoms with Crippen LogP contribution in [0.15, 0.2) is 24.3 Å². The van der Waals surface area contributed by atoms with Crippen LogP contribution in [0.1, 0.15) is 18.0 Å². The quantitative estimate of drug-likeness (QED) is 0.804. The van der Waals surface area contributed by atoms with Gasteiger partial charge in [0.15, 0.2) is 0 Å².